The van der Waals surface area contributed by atoms with Gasteiger partial charge in [-0.2, -0.15) is 0 Å². The van der Waals surface area contributed by atoms with Crippen molar-refractivity contribution in [2.75, 3.05) is 11.5 Å². The van der Waals surface area contributed by atoms with Crippen molar-refractivity contribution in [3.05, 3.63) is 12.2 Å². The first-order chi connectivity index (χ1) is 7.47. The topological polar surface area (TPSA) is 34.1 Å². The molecule has 0 bridgehead atoms. The summed E-state index contributed by atoms with van der Waals surface area (Å²) < 4.78 is 24.0. The highest BCUT2D eigenvalue weighted by Crippen LogP contribution is 2.62. The first-order valence-electron chi connectivity index (χ1n) is 6.01. The molecule has 0 amide bonds. The lowest BCUT2D eigenvalue weighted by Crippen LogP contribution is -2.46. The molecule has 0 aromatic carbocycles. The van der Waals surface area contributed by atoms with Crippen molar-refractivity contribution < 1.29 is 8.42 Å². The van der Waals surface area contributed by atoms with E-state index in [-0.39, 0.29) is 10.8 Å². The average molecular weight is 305 g/mol. The van der Waals surface area contributed by atoms with Crippen molar-refractivity contribution in [3.63, 3.8) is 0 Å². The Labute approximate surface area is 106 Å². The summed E-state index contributed by atoms with van der Waals surface area (Å²) >= 11 is 3.63. The quantitative estimate of drug-likeness (QED) is 0.509. The van der Waals surface area contributed by atoms with Gasteiger partial charge in [0.05, 0.1) is 11.5 Å². The van der Waals surface area contributed by atoms with E-state index >= 15 is 0 Å². The summed E-state index contributed by atoms with van der Waals surface area (Å²) in [4.78, 5) is 0.368. The Hall–Kier alpha value is 0.170. The Bertz CT molecular complexity index is 442. The molecular weight excluding hydrogens is 288 g/mol. The fourth-order valence-corrected chi connectivity index (χ4v) is 7.72. The van der Waals surface area contributed by atoms with Gasteiger partial charge in [-0.3, -0.25) is 0 Å². The minimum Gasteiger partial charge on any atom is -0.229 e. The maximum atomic E-state index is 12.0. The number of hydrogen-bond donors (Lipinski definition) is 0. The van der Waals surface area contributed by atoms with Gasteiger partial charge < -0.3 is 0 Å². The predicted octanol–water partition coefficient (Wildman–Crippen LogP) is 2.69. The van der Waals surface area contributed by atoms with Crippen molar-refractivity contribution >= 4 is 25.8 Å². The molecule has 0 aromatic rings. The van der Waals surface area contributed by atoms with E-state index in [0.29, 0.717) is 16.3 Å². The Morgan fingerprint density at radius 3 is 2.75 bits per heavy atom. The maximum absolute atomic E-state index is 12.0. The lowest BCUT2D eigenvalue weighted by molar-refractivity contribution is 0.0667. The maximum Gasteiger partial charge on any atom is 0.151 e. The van der Waals surface area contributed by atoms with Crippen LogP contribution in [0, 0.1) is 10.8 Å². The summed E-state index contributed by atoms with van der Waals surface area (Å²) in [7, 11) is -2.83. The van der Waals surface area contributed by atoms with E-state index in [9.17, 15) is 8.42 Å². The highest BCUT2D eigenvalue weighted by molar-refractivity contribution is 9.09. The van der Waals surface area contributed by atoms with Crippen LogP contribution in [0.3, 0.4) is 0 Å². The molecule has 1 saturated heterocycles. The number of rotatable bonds is 0. The van der Waals surface area contributed by atoms with Crippen molar-refractivity contribution in [1.82, 2.24) is 0 Å². The second-order valence-electron chi connectivity index (χ2n) is 5.76. The SMILES string of the molecule is O=S1(=O)CC23C=CC(Br)CC2(CCCC3)C1. The molecule has 3 atom stereocenters. The molecule has 3 rings (SSSR count). The van der Waals surface area contributed by atoms with Crippen LogP contribution in [0.15, 0.2) is 12.2 Å². The first-order valence-corrected chi connectivity index (χ1v) is 8.75. The molecule has 1 saturated carbocycles. The second kappa shape index (κ2) is 3.35. The minimum atomic E-state index is -2.83. The second-order valence-corrected chi connectivity index (χ2v) is 9.00. The Kier molecular flexibility index (Phi) is 2.36. The zero-order valence-electron chi connectivity index (χ0n) is 9.28. The summed E-state index contributed by atoms with van der Waals surface area (Å²) in [5.74, 6) is 0.822. The van der Waals surface area contributed by atoms with Gasteiger partial charge in [0.1, 0.15) is 0 Å². The normalized spacial score (nSPS) is 49.7. The van der Waals surface area contributed by atoms with Gasteiger partial charge in [0, 0.05) is 10.2 Å². The monoisotopic (exact) mass is 304 g/mol. The van der Waals surface area contributed by atoms with Crippen molar-refractivity contribution in [1.29, 1.82) is 0 Å². The third kappa shape index (κ3) is 1.45. The van der Waals surface area contributed by atoms with E-state index in [2.05, 4.69) is 28.1 Å². The fraction of sp³-hybridized carbons (Fsp3) is 0.833. The van der Waals surface area contributed by atoms with E-state index in [0.717, 1.165) is 19.3 Å². The molecule has 2 aliphatic carbocycles. The van der Waals surface area contributed by atoms with Gasteiger partial charge in [0.25, 0.3) is 0 Å². The third-order valence-corrected chi connectivity index (χ3v) is 7.34. The van der Waals surface area contributed by atoms with Gasteiger partial charge in [-0.15, -0.1) is 0 Å². The molecule has 2 fully saturated rings. The molecule has 0 spiro atoms. The van der Waals surface area contributed by atoms with Gasteiger partial charge in [0.2, 0.25) is 0 Å². The summed E-state index contributed by atoms with van der Waals surface area (Å²) in [6.45, 7) is 0. The Balaban J connectivity index is 2.13. The standard InChI is InChI=1S/C12H17BrO2S/c13-10-3-6-11-4-1-2-5-12(11,7-10)9-16(14,15)8-11/h3,6,10H,1-2,4-5,7-9H2. The van der Waals surface area contributed by atoms with Crippen LogP contribution in [0.1, 0.15) is 32.1 Å². The summed E-state index contributed by atoms with van der Waals surface area (Å²) in [5.41, 5.74) is 0.0291. The molecule has 0 radical (unpaired) electrons. The molecule has 1 aliphatic heterocycles. The summed E-state index contributed by atoms with van der Waals surface area (Å²) in [5, 5.41) is 0. The lowest BCUT2D eigenvalue weighted by atomic mass is 9.54. The van der Waals surface area contributed by atoms with E-state index < -0.39 is 9.84 Å². The molecule has 0 N–H and O–H groups in total. The zero-order valence-corrected chi connectivity index (χ0v) is 11.7. The Morgan fingerprint density at radius 2 is 1.94 bits per heavy atom. The molecule has 3 unspecified atom stereocenters. The van der Waals surface area contributed by atoms with E-state index in [1.807, 2.05) is 0 Å². The number of allylic oxidation sites excluding steroid dienone is 2. The van der Waals surface area contributed by atoms with E-state index in [4.69, 9.17) is 0 Å². The molecule has 1 heterocycles. The van der Waals surface area contributed by atoms with Crippen LogP contribution in [-0.4, -0.2) is 24.8 Å². The third-order valence-electron chi connectivity index (χ3n) is 4.77. The predicted molar refractivity (Wildman–Crippen MR) is 68.5 cm³/mol. The van der Waals surface area contributed by atoms with Crippen LogP contribution in [0.2, 0.25) is 0 Å². The molecular formula is C12H17BrO2S. The minimum absolute atomic E-state index is 0.0195. The van der Waals surface area contributed by atoms with Gasteiger partial charge >= 0.3 is 0 Å². The van der Waals surface area contributed by atoms with Crippen molar-refractivity contribution in [2.24, 2.45) is 10.8 Å². The zero-order chi connectivity index (χ0) is 11.4. The van der Waals surface area contributed by atoms with Gasteiger partial charge in [-0.1, -0.05) is 40.9 Å². The van der Waals surface area contributed by atoms with Crippen molar-refractivity contribution in [3.8, 4) is 0 Å². The molecule has 2 nitrogen and oxygen atoms in total. The molecule has 0 aromatic heterocycles. The molecule has 90 valence electrons. The molecule has 4 heteroatoms. The number of halogens is 1. The highest BCUT2D eigenvalue weighted by Gasteiger charge is 2.61. The number of sulfone groups is 1. The van der Waals surface area contributed by atoms with Crippen molar-refractivity contribution in [2.45, 2.75) is 36.9 Å². The lowest BCUT2D eigenvalue weighted by Gasteiger charge is -2.50. The smallest absolute Gasteiger partial charge is 0.151 e. The van der Waals surface area contributed by atoms with Crippen LogP contribution in [0.25, 0.3) is 0 Å². The fourth-order valence-electron chi connectivity index (χ4n) is 4.13. The Morgan fingerprint density at radius 1 is 1.19 bits per heavy atom. The summed E-state index contributed by atoms with van der Waals surface area (Å²) in [6, 6.07) is 0. The number of hydrogen-bond acceptors (Lipinski definition) is 2. The highest BCUT2D eigenvalue weighted by atomic mass is 79.9. The van der Waals surface area contributed by atoms with Crippen LogP contribution in [0.4, 0.5) is 0 Å². The van der Waals surface area contributed by atoms with Crippen LogP contribution >= 0.6 is 15.9 Å². The largest absolute Gasteiger partial charge is 0.229 e. The van der Waals surface area contributed by atoms with Crippen LogP contribution < -0.4 is 0 Å². The molecule has 16 heavy (non-hydrogen) atoms. The van der Waals surface area contributed by atoms with E-state index in [1.165, 1.54) is 12.8 Å². The first kappa shape index (κ1) is 11.3. The number of alkyl halides is 1. The summed E-state index contributed by atoms with van der Waals surface area (Å²) in [6.07, 6.45) is 9.95. The average Bonchev–Trinajstić information content (AvgIpc) is 2.42. The molecule has 3 aliphatic rings. The van der Waals surface area contributed by atoms with Crippen LogP contribution in [-0.2, 0) is 9.84 Å². The van der Waals surface area contributed by atoms with Gasteiger partial charge in [0.15, 0.2) is 9.84 Å². The van der Waals surface area contributed by atoms with E-state index in [1.54, 1.807) is 0 Å². The van der Waals surface area contributed by atoms with Gasteiger partial charge in [-0.25, -0.2) is 8.42 Å². The van der Waals surface area contributed by atoms with Gasteiger partial charge in [-0.05, 0) is 24.7 Å². The van der Waals surface area contributed by atoms with Crippen LogP contribution in [0.5, 0.6) is 0 Å².